The van der Waals surface area contributed by atoms with Crippen LogP contribution in [-0.2, 0) is 0 Å². The van der Waals surface area contributed by atoms with Crippen LogP contribution in [0.1, 0.15) is 31.7 Å². The fraction of sp³-hybridized carbons (Fsp3) is 0.467. The lowest BCUT2D eigenvalue weighted by Crippen LogP contribution is -2.46. The van der Waals surface area contributed by atoms with Gasteiger partial charge in [0, 0.05) is 11.5 Å². The maximum atomic E-state index is 13.0. The lowest BCUT2D eigenvalue weighted by Gasteiger charge is -2.30. The second kappa shape index (κ2) is 6.10. The number of nitrogens with zero attached hydrogens (tertiary/aromatic N) is 1. The Balaban J connectivity index is 2.04. The van der Waals surface area contributed by atoms with Gasteiger partial charge in [-0.05, 0) is 31.0 Å². The Labute approximate surface area is 122 Å². The van der Waals surface area contributed by atoms with E-state index in [4.69, 9.17) is 5.26 Å². The highest BCUT2D eigenvalue weighted by atomic mass is 19.1. The lowest BCUT2D eigenvalue weighted by atomic mass is 9.86. The molecule has 6 heteroatoms. The summed E-state index contributed by atoms with van der Waals surface area (Å²) in [5.41, 5.74) is 0.0136. The molecule has 1 aromatic rings. The van der Waals surface area contributed by atoms with Crippen LogP contribution in [-0.4, -0.2) is 23.8 Å². The van der Waals surface area contributed by atoms with Crippen molar-refractivity contribution in [3.05, 3.63) is 29.6 Å². The standard InChI is InChI=1S/C15H18FN3O2/c1-15(9-20)6-2-3-13(15)19-14(21)18-12-5-4-11(16)7-10(12)8-17/h4-5,7,13,20H,2-3,6,9H2,1H3,(H2,18,19,21). The first-order valence-electron chi connectivity index (χ1n) is 6.86. The molecule has 0 radical (unpaired) electrons. The lowest BCUT2D eigenvalue weighted by molar-refractivity contribution is 0.122. The third kappa shape index (κ3) is 3.31. The number of benzene rings is 1. The maximum Gasteiger partial charge on any atom is 0.319 e. The van der Waals surface area contributed by atoms with Gasteiger partial charge in [-0.25, -0.2) is 9.18 Å². The van der Waals surface area contributed by atoms with Crippen molar-refractivity contribution < 1.29 is 14.3 Å². The van der Waals surface area contributed by atoms with E-state index in [0.717, 1.165) is 25.3 Å². The number of rotatable bonds is 3. The van der Waals surface area contributed by atoms with Crippen LogP contribution in [0, 0.1) is 22.6 Å². The van der Waals surface area contributed by atoms with Gasteiger partial charge in [0.1, 0.15) is 11.9 Å². The van der Waals surface area contributed by atoms with Crippen LogP contribution >= 0.6 is 0 Å². The molecule has 5 nitrogen and oxygen atoms in total. The largest absolute Gasteiger partial charge is 0.396 e. The molecule has 0 saturated heterocycles. The zero-order chi connectivity index (χ0) is 15.5. The Morgan fingerprint density at radius 2 is 2.38 bits per heavy atom. The van der Waals surface area contributed by atoms with Gasteiger partial charge in [-0.1, -0.05) is 13.3 Å². The number of aliphatic hydroxyl groups excluding tert-OH is 1. The van der Waals surface area contributed by atoms with Crippen molar-refractivity contribution in [2.45, 2.75) is 32.2 Å². The highest BCUT2D eigenvalue weighted by Gasteiger charge is 2.39. The fourth-order valence-corrected chi connectivity index (χ4v) is 2.70. The van der Waals surface area contributed by atoms with Gasteiger partial charge >= 0.3 is 6.03 Å². The number of carbonyl (C=O) groups excluding carboxylic acids is 1. The first kappa shape index (κ1) is 15.3. The van der Waals surface area contributed by atoms with E-state index >= 15 is 0 Å². The summed E-state index contributed by atoms with van der Waals surface area (Å²) in [4.78, 5) is 12.0. The number of amides is 2. The first-order valence-corrected chi connectivity index (χ1v) is 6.86. The highest BCUT2D eigenvalue weighted by Crippen LogP contribution is 2.37. The average molecular weight is 291 g/mol. The van der Waals surface area contributed by atoms with Crippen molar-refractivity contribution in [1.82, 2.24) is 5.32 Å². The smallest absolute Gasteiger partial charge is 0.319 e. The minimum atomic E-state index is -0.527. The Kier molecular flexibility index (Phi) is 4.43. The molecular weight excluding hydrogens is 273 g/mol. The molecule has 2 atom stereocenters. The van der Waals surface area contributed by atoms with Crippen LogP contribution in [0.15, 0.2) is 18.2 Å². The molecule has 1 aliphatic rings. The number of aliphatic hydroxyl groups is 1. The molecule has 1 aliphatic carbocycles. The van der Waals surface area contributed by atoms with Gasteiger partial charge in [-0.3, -0.25) is 0 Å². The maximum absolute atomic E-state index is 13.0. The van der Waals surface area contributed by atoms with Crippen molar-refractivity contribution >= 4 is 11.7 Å². The molecule has 0 heterocycles. The van der Waals surface area contributed by atoms with Crippen LogP contribution < -0.4 is 10.6 Å². The van der Waals surface area contributed by atoms with Gasteiger partial charge in [0.25, 0.3) is 0 Å². The Morgan fingerprint density at radius 3 is 3.05 bits per heavy atom. The molecule has 3 N–H and O–H groups in total. The molecule has 2 rings (SSSR count). The molecule has 2 unspecified atom stereocenters. The van der Waals surface area contributed by atoms with E-state index in [2.05, 4.69) is 10.6 Å². The molecule has 21 heavy (non-hydrogen) atoms. The van der Waals surface area contributed by atoms with E-state index < -0.39 is 11.8 Å². The Bertz CT molecular complexity index is 585. The second-order valence-electron chi connectivity index (χ2n) is 5.66. The SMILES string of the molecule is CC1(CO)CCCC1NC(=O)Nc1ccc(F)cc1C#N. The number of halogens is 1. The third-order valence-electron chi connectivity index (χ3n) is 4.10. The number of hydrogen-bond acceptors (Lipinski definition) is 3. The molecule has 0 spiro atoms. The van der Waals surface area contributed by atoms with E-state index in [1.165, 1.54) is 12.1 Å². The Hall–Kier alpha value is -2.13. The summed E-state index contributed by atoms with van der Waals surface area (Å²) >= 11 is 0. The van der Waals surface area contributed by atoms with Crippen molar-refractivity contribution in [3.8, 4) is 6.07 Å². The summed E-state index contributed by atoms with van der Waals surface area (Å²) in [6, 6.07) is 4.88. The van der Waals surface area contributed by atoms with Crippen LogP contribution in [0.25, 0.3) is 0 Å². The molecule has 0 aromatic heterocycles. The van der Waals surface area contributed by atoms with E-state index in [-0.39, 0.29) is 29.3 Å². The fourth-order valence-electron chi connectivity index (χ4n) is 2.70. The highest BCUT2D eigenvalue weighted by molar-refractivity contribution is 5.91. The third-order valence-corrected chi connectivity index (χ3v) is 4.10. The van der Waals surface area contributed by atoms with Gasteiger partial charge < -0.3 is 15.7 Å². The number of urea groups is 1. The number of carbonyl (C=O) groups is 1. The summed E-state index contributed by atoms with van der Waals surface area (Å²) in [7, 11) is 0. The van der Waals surface area contributed by atoms with Crippen molar-refractivity contribution in [2.24, 2.45) is 5.41 Å². The molecule has 2 amide bonds. The van der Waals surface area contributed by atoms with Gasteiger partial charge in [0.05, 0.1) is 17.9 Å². The molecule has 0 aliphatic heterocycles. The summed E-state index contributed by atoms with van der Waals surface area (Å²) in [6.07, 6.45) is 2.61. The van der Waals surface area contributed by atoms with Gasteiger partial charge in [-0.2, -0.15) is 5.26 Å². The van der Waals surface area contributed by atoms with Crippen LogP contribution in [0.2, 0.25) is 0 Å². The molecule has 0 bridgehead atoms. The van der Waals surface area contributed by atoms with E-state index in [9.17, 15) is 14.3 Å². The first-order chi connectivity index (χ1) is 9.98. The molecule has 1 fully saturated rings. The quantitative estimate of drug-likeness (QED) is 0.799. The summed E-state index contributed by atoms with van der Waals surface area (Å²) in [6.45, 7) is 1.95. The number of nitriles is 1. The normalized spacial score (nSPS) is 24.4. The zero-order valence-corrected chi connectivity index (χ0v) is 11.8. The van der Waals surface area contributed by atoms with E-state index in [1.807, 2.05) is 13.0 Å². The monoisotopic (exact) mass is 291 g/mol. The number of anilines is 1. The summed E-state index contributed by atoms with van der Waals surface area (Å²) in [5.74, 6) is -0.527. The zero-order valence-electron chi connectivity index (χ0n) is 11.8. The minimum absolute atomic E-state index is 0.0118. The van der Waals surface area contributed by atoms with Crippen LogP contribution in [0.5, 0.6) is 0 Å². The van der Waals surface area contributed by atoms with Gasteiger partial charge in [0.2, 0.25) is 0 Å². The molecule has 1 aromatic carbocycles. The topological polar surface area (TPSA) is 85.2 Å². The van der Waals surface area contributed by atoms with E-state index in [0.29, 0.717) is 0 Å². The second-order valence-corrected chi connectivity index (χ2v) is 5.66. The van der Waals surface area contributed by atoms with Crippen LogP contribution in [0.3, 0.4) is 0 Å². The average Bonchev–Trinajstić information content (AvgIpc) is 2.82. The molecular formula is C15H18FN3O2. The predicted molar refractivity (Wildman–Crippen MR) is 76.1 cm³/mol. The van der Waals surface area contributed by atoms with Gasteiger partial charge in [0.15, 0.2) is 0 Å². The van der Waals surface area contributed by atoms with Gasteiger partial charge in [-0.15, -0.1) is 0 Å². The summed E-state index contributed by atoms with van der Waals surface area (Å²) < 4.78 is 13.0. The van der Waals surface area contributed by atoms with Crippen molar-refractivity contribution in [1.29, 1.82) is 5.26 Å². The number of nitrogens with one attached hydrogen (secondary N) is 2. The van der Waals surface area contributed by atoms with E-state index in [1.54, 1.807) is 0 Å². The Morgan fingerprint density at radius 1 is 1.62 bits per heavy atom. The number of hydrogen-bond donors (Lipinski definition) is 3. The summed E-state index contributed by atoms with van der Waals surface area (Å²) in [5, 5.41) is 23.8. The predicted octanol–water partition coefficient (Wildman–Crippen LogP) is 2.37. The van der Waals surface area contributed by atoms with Crippen molar-refractivity contribution in [3.63, 3.8) is 0 Å². The minimum Gasteiger partial charge on any atom is -0.396 e. The van der Waals surface area contributed by atoms with Crippen molar-refractivity contribution in [2.75, 3.05) is 11.9 Å². The van der Waals surface area contributed by atoms with Crippen LogP contribution in [0.4, 0.5) is 14.9 Å². The molecule has 1 saturated carbocycles. The molecule has 112 valence electrons.